The first kappa shape index (κ1) is 12.5. The first-order valence-electron chi connectivity index (χ1n) is 5.62. The van der Waals surface area contributed by atoms with Gasteiger partial charge in [-0.3, -0.25) is 0 Å². The van der Waals surface area contributed by atoms with Crippen LogP contribution in [-0.2, 0) is 6.54 Å². The van der Waals surface area contributed by atoms with Gasteiger partial charge in [0, 0.05) is 0 Å². The van der Waals surface area contributed by atoms with Gasteiger partial charge in [-0.25, -0.2) is 9.97 Å². The zero-order valence-corrected chi connectivity index (χ0v) is 11.1. The summed E-state index contributed by atoms with van der Waals surface area (Å²) in [5, 5.41) is 6.93. The minimum atomic E-state index is 0.0524. The zero-order valence-electron chi connectivity index (χ0n) is 10.4. The maximum atomic E-state index is 5.85. The van der Waals surface area contributed by atoms with Crippen LogP contribution in [0.1, 0.15) is 11.7 Å². The first-order valence-corrected chi connectivity index (χ1v) is 6.00. The van der Waals surface area contributed by atoms with Crippen LogP contribution in [0.3, 0.4) is 0 Å². The van der Waals surface area contributed by atoms with Crippen molar-refractivity contribution in [1.29, 1.82) is 0 Å². The van der Waals surface area contributed by atoms with E-state index in [-0.39, 0.29) is 11.2 Å². The molecule has 0 unspecified atom stereocenters. The molecule has 102 valence electrons. The van der Waals surface area contributed by atoms with Gasteiger partial charge in [-0.15, -0.1) is 0 Å². The van der Waals surface area contributed by atoms with E-state index >= 15 is 0 Å². The van der Waals surface area contributed by atoms with E-state index in [1.165, 1.54) is 17.3 Å². The number of hydrogen-bond donors (Lipinski definition) is 1. The molecular formula is C10H9ClN8O. The average Bonchev–Trinajstić information content (AvgIpc) is 3.07. The van der Waals surface area contributed by atoms with Gasteiger partial charge in [0.2, 0.25) is 17.1 Å². The van der Waals surface area contributed by atoms with E-state index < -0.39 is 0 Å². The average molecular weight is 293 g/mol. The van der Waals surface area contributed by atoms with Crippen LogP contribution in [0.2, 0.25) is 5.28 Å². The monoisotopic (exact) mass is 292 g/mol. The van der Waals surface area contributed by atoms with E-state index in [9.17, 15) is 0 Å². The highest BCUT2D eigenvalue weighted by Crippen LogP contribution is 2.10. The van der Waals surface area contributed by atoms with E-state index in [1.54, 1.807) is 6.20 Å². The summed E-state index contributed by atoms with van der Waals surface area (Å²) in [6.07, 6.45) is 4.48. The summed E-state index contributed by atoms with van der Waals surface area (Å²) < 4.78 is 6.72. The molecule has 0 aliphatic rings. The number of aryl methyl sites for hydroxylation is 1. The Labute approximate surface area is 118 Å². The Morgan fingerprint density at radius 2 is 2.25 bits per heavy atom. The van der Waals surface area contributed by atoms with Crippen molar-refractivity contribution < 1.29 is 4.42 Å². The van der Waals surface area contributed by atoms with Crippen LogP contribution in [0.25, 0.3) is 5.95 Å². The molecule has 20 heavy (non-hydrogen) atoms. The SMILES string of the molecule is Cc1cnc(CNc2nc(Cl)nc(-n3cncn3)n2)o1. The number of nitrogens with one attached hydrogen (secondary N) is 1. The van der Waals surface area contributed by atoms with Crippen molar-refractivity contribution in [2.24, 2.45) is 0 Å². The van der Waals surface area contributed by atoms with E-state index in [4.69, 9.17) is 16.0 Å². The molecule has 1 N–H and O–H groups in total. The van der Waals surface area contributed by atoms with Crippen molar-refractivity contribution in [3.8, 4) is 5.95 Å². The van der Waals surface area contributed by atoms with Gasteiger partial charge in [0.05, 0.1) is 12.7 Å². The standard InChI is InChI=1S/C10H9ClN8O/c1-6-2-13-7(20-6)3-14-9-16-8(11)17-10(18-9)19-5-12-4-15-19/h2,4-5H,3H2,1H3,(H,14,16,17,18). The predicted molar refractivity (Wildman–Crippen MR) is 68.3 cm³/mol. The van der Waals surface area contributed by atoms with E-state index in [0.717, 1.165) is 5.76 Å². The van der Waals surface area contributed by atoms with E-state index in [1.807, 2.05) is 6.92 Å². The molecule has 3 heterocycles. The van der Waals surface area contributed by atoms with Crippen LogP contribution in [0.4, 0.5) is 5.95 Å². The summed E-state index contributed by atoms with van der Waals surface area (Å²) in [5.41, 5.74) is 0. The maximum absolute atomic E-state index is 5.85. The van der Waals surface area contributed by atoms with Gasteiger partial charge in [-0.2, -0.15) is 24.7 Å². The molecule has 0 atom stereocenters. The fourth-order valence-electron chi connectivity index (χ4n) is 1.47. The summed E-state index contributed by atoms with van der Waals surface area (Å²) in [6.45, 7) is 2.16. The number of oxazole rings is 1. The van der Waals surface area contributed by atoms with Gasteiger partial charge in [0.15, 0.2) is 0 Å². The van der Waals surface area contributed by atoms with Gasteiger partial charge < -0.3 is 9.73 Å². The lowest BCUT2D eigenvalue weighted by Crippen LogP contribution is -2.09. The first-order chi connectivity index (χ1) is 9.70. The third-order valence-corrected chi connectivity index (χ3v) is 2.46. The summed E-state index contributed by atoms with van der Waals surface area (Å²) in [5.74, 6) is 1.83. The summed E-state index contributed by atoms with van der Waals surface area (Å²) in [4.78, 5) is 20.0. The Morgan fingerprint density at radius 3 is 2.95 bits per heavy atom. The largest absolute Gasteiger partial charge is 0.444 e. The molecule has 3 aromatic heterocycles. The van der Waals surface area contributed by atoms with Gasteiger partial charge in [-0.1, -0.05) is 0 Å². The normalized spacial score (nSPS) is 10.7. The van der Waals surface area contributed by atoms with Crippen molar-refractivity contribution in [2.75, 3.05) is 5.32 Å². The molecular weight excluding hydrogens is 284 g/mol. The minimum Gasteiger partial charge on any atom is -0.444 e. The topological polar surface area (TPSA) is 107 Å². The van der Waals surface area contributed by atoms with Gasteiger partial charge in [-0.05, 0) is 18.5 Å². The minimum absolute atomic E-state index is 0.0524. The van der Waals surface area contributed by atoms with Crippen LogP contribution >= 0.6 is 11.6 Å². The van der Waals surface area contributed by atoms with Crippen LogP contribution in [0.15, 0.2) is 23.3 Å². The molecule has 0 fully saturated rings. The summed E-state index contributed by atoms with van der Waals surface area (Å²) in [7, 11) is 0. The molecule has 0 bridgehead atoms. The molecule has 0 saturated carbocycles. The third kappa shape index (κ3) is 2.72. The fraction of sp³-hybridized carbons (Fsp3) is 0.200. The molecule has 0 saturated heterocycles. The lowest BCUT2D eigenvalue weighted by Gasteiger charge is -2.04. The third-order valence-electron chi connectivity index (χ3n) is 2.29. The molecule has 0 spiro atoms. The zero-order chi connectivity index (χ0) is 13.9. The molecule has 3 aromatic rings. The summed E-state index contributed by atoms with van der Waals surface area (Å²) in [6, 6.07) is 0. The quantitative estimate of drug-likeness (QED) is 0.759. The molecule has 0 radical (unpaired) electrons. The molecule has 9 nitrogen and oxygen atoms in total. The molecule has 0 aliphatic heterocycles. The summed E-state index contributed by atoms with van der Waals surface area (Å²) >= 11 is 5.85. The van der Waals surface area contributed by atoms with Crippen LogP contribution in [0, 0.1) is 6.92 Å². The van der Waals surface area contributed by atoms with Crippen molar-refractivity contribution in [1.82, 2.24) is 34.7 Å². The second-order valence-corrected chi connectivity index (χ2v) is 4.12. The molecule has 0 aliphatic carbocycles. The van der Waals surface area contributed by atoms with E-state index in [0.29, 0.717) is 18.4 Å². The number of rotatable bonds is 4. The molecule has 0 aromatic carbocycles. The second kappa shape index (κ2) is 5.21. The predicted octanol–water partition coefficient (Wildman–Crippen LogP) is 1.01. The molecule has 10 heteroatoms. The number of anilines is 1. The second-order valence-electron chi connectivity index (χ2n) is 3.79. The molecule has 0 amide bonds. The van der Waals surface area contributed by atoms with Crippen LogP contribution in [0.5, 0.6) is 0 Å². The van der Waals surface area contributed by atoms with Gasteiger partial charge >= 0.3 is 0 Å². The van der Waals surface area contributed by atoms with Crippen LogP contribution < -0.4 is 5.32 Å². The Kier molecular flexibility index (Phi) is 3.25. The highest BCUT2D eigenvalue weighted by atomic mass is 35.5. The van der Waals surface area contributed by atoms with Crippen LogP contribution in [-0.4, -0.2) is 34.7 Å². The lowest BCUT2D eigenvalue weighted by molar-refractivity contribution is 0.478. The van der Waals surface area contributed by atoms with E-state index in [2.05, 4.69) is 35.3 Å². The number of aromatic nitrogens is 7. The Bertz CT molecular complexity index is 710. The fourth-order valence-corrected chi connectivity index (χ4v) is 1.63. The number of hydrogen-bond acceptors (Lipinski definition) is 8. The smallest absolute Gasteiger partial charge is 0.258 e. The van der Waals surface area contributed by atoms with Gasteiger partial charge in [0.25, 0.3) is 5.95 Å². The Balaban J connectivity index is 1.79. The molecule has 3 rings (SSSR count). The lowest BCUT2D eigenvalue weighted by atomic mass is 10.6. The van der Waals surface area contributed by atoms with Crippen molar-refractivity contribution in [3.63, 3.8) is 0 Å². The van der Waals surface area contributed by atoms with Crippen molar-refractivity contribution in [2.45, 2.75) is 13.5 Å². The number of nitrogens with zero attached hydrogens (tertiary/aromatic N) is 7. The van der Waals surface area contributed by atoms with Crippen molar-refractivity contribution in [3.05, 3.63) is 35.8 Å². The Hall–Kier alpha value is -2.55. The maximum Gasteiger partial charge on any atom is 0.258 e. The Morgan fingerprint density at radius 1 is 1.35 bits per heavy atom. The van der Waals surface area contributed by atoms with Crippen molar-refractivity contribution >= 4 is 17.5 Å². The van der Waals surface area contributed by atoms with Gasteiger partial charge in [0.1, 0.15) is 18.4 Å². The highest BCUT2D eigenvalue weighted by molar-refractivity contribution is 6.28. The highest BCUT2D eigenvalue weighted by Gasteiger charge is 2.08. The number of halogens is 1.